The molecule has 0 spiro atoms. The lowest BCUT2D eigenvalue weighted by molar-refractivity contribution is -0.111. The van der Waals surface area contributed by atoms with Crippen molar-refractivity contribution in [1.82, 2.24) is 14.9 Å². The molecule has 9 nitrogen and oxygen atoms in total. The molecule has 9 heteroatoms. The molecule has 3 N–H and O–H groups in total. The number of nitrogen functional groups attached to an aromatic ring is 1. The maximum Gasteiger partial charge on any atom is 0.248 e. The Morgan fingerprint density at radius 2 is 1.67 bits per heavy atom. The number of aromatic nitrogens is 2. The first kappa shape index (κ1) is 25.9. The van der Waals surface area contributed by atoms with Crippen molar-refractivity contribution in [2.24, 2.45) is 0 Å². The predicted octanol–water partition coefficient (Wildman–Crippen LogP) is 5.14. The highest BCUT2D eigenvalue weighted by molar-refractivity contribution is 5.99. The van der Waals surface area contributed by atoms with Crippen molar-refractivity contribution in [3.05, 3.63) is 97.3 Å². The fourth-order valence-electron chi connectivity index (χ4n) is 4.07. The molecule has 1 fully saturated rings. The van der Waals surface area contributed by atoms with Gasteiger partial charge in [0.2, 0.25) is 11.8 Å². The Balaban J connectivity index is 1.26. The van der Waals surface area contributed by atoms with Gasteiger partial charge < -0.3 is 25.3 Å². The van der Waals surface area contributed by atoms with Gasteiger partial charge in [-0.3, -0.25) is 9.69 Å². The monoisotopic (exact) mass is 523 g/mol. The minimum absolute atomic E-state index is 0.217. The molecule has 0 bridgehead atoms. The zero-order chi connectivity index (χ0) is 26.9. The first-order valence-corrected chi connectivity index (χ1v) is 12.6. The average molecular weight is 524 g/mol. The van der Waals surface area contributed by atoms with Crippen LogP contribution in [0, 0.1) is 0 Å². The van der Waals surface area contributed by atoms with E-state index >= 15 is 0 Å². The quantitative estimate of drug-likeness (QED) is 0.290. The molecule has 0 atom stereocenters. The summed E-state index contributed by atoms with van der Waals surface area (Å²) < 4.78 is 17.3. The second-order valence-electron chi connectivity index (χ2n) is 8.81. The van der Waals surface area contributed by atoms with Gasteiger partial charge >= 0.3 is 0 Å². The summed E-state index contributed by atoms with van der Waals surface area (Å²) in [5, 5.41) is 2.87. The summed E-state index contributed by atoms with van der Waals surface area (Å²) in [4.78, 5) is 23.1. The van der Waals surface area contributed by atoms with Crippen LogP contribution in [-0.2, 0) is 9.53 Å². The molecule has 1 aliphatic heterocycles. The summed E-state index contributed by atoms with van der Waals surface area (Å²) in [6, 6.07) is 24.1. The maximum absolute atomic E-state index is 12.4. The van der Waals surface area contributed by atoms with Crippen molar-refractivity contribution in [3.63, 3.8) is 0 Å². The van der Waals surface area contributed by atoms with Gasteiger partial charge in [-0.15, -0.1) is 0 Å². The number of ether oxygens (including phenoxy) is 3. The predicted molar refractivity (Wildman–Crippen MR) is 150 cm³/mol. The number of hydrogen-bond acceptors (Lipinski definition) is 8. The first-order valence-electron chi connectivity index (χ1n) is 12.6. The van der Waals surface area contributed by atoms with Crippen molar-refractivity contribution in [2.45, 2.75) is 0 Å². The number of rotatable bonds is 9. The topological polar surface area (TPSA) is 112 Å². The summed E-state index contributed by atoms with van der Waals surface area (Å²) in [6.45, 7) is 3.89. The van der Waals surface area contributed by atoms with Crippen LogP contribution in [0.4, 0.5) is 11.5 Å². The van der Waals surface area contributed by atoms with Gasteiger partial charge in [0.1, 0.15) is 29.4 Å². The van der Waals surface area contributed by atoms with Crippen LogP contribution in [0.2, 0.25) is 0 Å². The maximum atomic E-state index is 12.4. The Labute approximate surface area is 226 Å². The third-order valence-electron chi connectivity index (χ3n) is 6.02. The highest BCUT2D eigenvalue weighted by Gasteiger charge is 2.15. The van der Waals surface area contributed by atoms with E-state index in [0.29, 0.717) is 35.2 Å². The summed E-state index contributed by atoms with van der Waals surface area (Å²) in [7, 11) is 0. The van der Waals surface area contributed by atoms with Crippen LogP contribution in [0.3, 0.4) is 0 Å². The van der Waals surface area contributed by atoms with Crippen LogP contribution in [0.1, 0.15) is 0 Å². The molecule has 4 aromatic rings. The van der Waals surface area contributed by atoms with E-state index in [9.17, 15) is 4.79 Å². The van der Waals surface area contributed by atoms with Crippen LogP contribution in [0.15, 0.2) is 97.3 Å². The SMILES string of the molecule is Nc1ncnc(Oc2cccc(NC(=O)C=CCN3CCOCC3)c2)c1-c1ccc(Oc2ccccc2)cc1. The molecular weight excluding hydrogens is 494 g/mol. The van der Waals surface area contributed by atoms with Crippen molar-refractivity contribution >= 4 is 17.4 Å². The van der Waals surface area contributed by atoms with E-state index in [-0.39, 0.29) is 11.7 Å². The Morgan fingerprint density at radius 1 is 0.923 bits per heavy atom. The normalized spacial score (nSPS) is 13.7. The van der Waals surface area contributed by atoms with Crippen LogP contribution >= 0.6 is 0 Å². The third kappa shape index (κ3) is 7.19. The minimum atomic E-state index is -0.217. The van der Waals surface area contributed by atoms with Crippen molar-refractivity contribution < 1.29 is 19.0 Å². The molecule has 1 aromatic heterocycles. The van der Waals surface area contributed by atoms with E-state index < -0.39 is 0 Å². The number of amides is 1. The van der Waals surface area contributed by atoms with Gasteiger partial charge in [0.05, 0.1) is 18.8 Å². The molecular formula is C30H29N5O4. The number of carbonyl (C=O) groups is 1. The number of nitrogens with zero attached hydrogens (tertiary/aromatic N) is 3. The van der Waals surface area contributed by atoms with Gasteiger partial charge in [0.15, 0.2) is 0 Å². The van der Waals surface area contributed by atoms with E-state index in [1.54, 1.807) is 24.3 Å². The number of nitrogens with one attached hydrogen (secondary N) is 1. The minimum Gasteiger partial charge on any atom is -0.457 e. The number of benzene rings is 3. The van der Waals surface area contributed by atoms with Gasteiger partial charge in [-0.1, -0.05) is 42.5 Å². The number of carbonyl (C=O) groups excluding carboxylic acids is 1. The van der Waals surface area contributed by atoms with Crippen molar-refractivity contribution in [1.29, 1.82) is 0 Å². The number of hydrogen-bond donors (Lipinski definition) is 2. The molecule has 0 radical (unpaired) electrons. The fourth-order valence-corrected chi connectivity index (χ4v) is 4.07. The third-order valence-corrected chi connectivity index (χ3v) is 6.02. The summed E-state index contributed by atoms with van der Waals surface area (Å²) in [6.07, 6.45) is 4.75. The summed E-state index contributed by atoms with van der Waals surface area (Å²) >= 11 is 0. The van der Waals surface area contributed by atoms with Crippen LogP contribution < -0.4 is 20.5 Å². The van der Waals surface area contributed by atoms with Crippen molar-refractivity contribution in [3.8, 4) is 34.3 Å². The molecule has 198 valence electrons. The zero-order valence-corrected chi connectivity index (χ0v) is 21.3. The number of nitrogens with two attached hydrogens (primary N) is 1. The van der Waals surface area contributed by atoms with Gasteiger partial charge in [0, 0.05) is 37.5 Å². The lowest BCUT2D eigenvalue weighted by Gasteiger charge is -2.25. The Morgan fingerprint density at radius 3 is 2.46 bits per heavy atom. The van der Waals surface area contributed by atoms with Crippen LogP contribution in [0.5, 0.6) is 23.1 Å². The molecule has 0 saturated carbocycles. The fraction of sp³-hybridized carbons (Fsp3) is 0.167. The Hall–Kier alpha value is -4.73. The largest absolute Gasteiger partial charge is 0.457 e. The van der Waals surface area contributed by atoms with Crippen LogP contribution in [-0.4, -0.2) is 53.6 Å². The second-order valence-corrected chi connectivity index (χ2v) is 8.81. The molecule has 2 heterocycles. The number of para-hydroxylation sites is 1. The first-order chi connectivity index (χ1) is 19.1. The molecule has 5 rings (SSSR count). The lowest BCUT2D eigenvalue weighted by Crippen LogP contribution is -2.36. The van der Waals surface area contributed by atoms with E-state index in [2.05, 4.69) is 20.2 Å². The van der Waals surface area contributed by atoms with E-state index in [0.717, 1.165) is 37.6 Å². The molecule has 0 aliphatic carbocycles. The van der Waals surface area contributed by atoms with Gasteiger partial charge in [-0.25, -0.2) is 9.97 Å². The second kappa shape index (κ2) is 12.7. The van der Waals surface area contributed by atoms with Crippen LogP contribution in [0.25, 0.3) is 11.1 Å². The molecule has 0 unspecified atom stereocenters. The molecule has 3 aromatic carbocycles. The highest BCUT2D eigenvalue weighted by Crippen LogP contribution is 2.36. The van der Waals surface area contributed by atoms with E-state index in [1.165, 1.54) is 12.4 Å². The lowest BCUT2D eigenvalue weighted by atomic mass is 10.1. The zero-order valence-electron chi connectivity index (χ0n) is 21.3. The smallest absolute Gasteiger partial charge is 0.248 e. The molecule has 1 saturated heterocycles. The summed E-state index contributed by atoms with van der Waals surface area (Å²) in [5.41, 5.74) is 8.16. The van der Waals surface area contributed by atoms with Gasteiger partial charge in [-0.05, 0) is 42.0 Å². The number of morpholine rings is 1. The number of anilines is 2. The molecule has 1 aliphatic rings. The Kier molecular flexibility index (Phi) is 8.42. The Bertz CT molecular complexity index is 1420. The molecule has 1 amide bonds. The molecule has 39 heavy (non-hydrogen) atoms. The van der Waals surface area contributed by atoms with Crippen molar-refractivity contribution in [2.75, 3.05) is 43.9 Å². The van der Waals surface area contributed by atoms with Gasteiger partial charge in [-0.2, -0.15) is 0 Å². The highest BCUT2D eigenvalue weighted by atomic mass is 16.5. The average Bonchev–Trinajstić information content (AvgIpc) is 2.95. The van der Waals surface area contributed by atoms with E-state index in [1.807, 2.05) is 60.7 Å². The standard InChI is InChI=1S/C30H29N5O4/c31-29-28(22-11-13-25(14-12-22)38-24-7-2-1-3-8-24)30(33-21-32-29)39-26-9-4-6-23(20-26)34-27(36)10-5-15-35-16-18-37-19-17-35/h1-14,20-21H,15-19H2,(H,34,36)(H2,31,32,33). The summed E-state index contributed by atoms with van der Waals surface area (Å²) in [5.74, 6) is 2.29. The van der Waals surface area contributed by atoms with Gasteiger partial charge in [0.25, 0.3) is 0 Å². The van der Waals surface area contributed by atoms with E-state index in [4.69, 9.17) is 19.9 Å².